The van der Waals surface area contributed by atoms with Crippen molar-refractivity contribution in [1.29, 1.82) is 0 Å². The molecule has 1 aliphatic carbocycles. The van der Waals surface area contributed by atoms with Gasteiger partial charge in [-0.1, -0.05) is 13.8 Å². The average molecular weight is 198 g/mol. The van der Waals surface area contributed by atoms with Crippen LogP contribution in [-0.4, -0.2) is 18.9 Å². The standard InChI is InChI=1S/C11H18O3/c1-7-5-9(12)6-8(2)11(7,3)10(13)14-4/h7-8H,5-6H2,1-4H3/t7-,8-/m1/s1. The fourth-order valence-corrected chi connectivity index (χ4v) is 2.30. The van der Waals surface area contributed by atoms with E-state index in [1.165, 1.54) is 7.11 Å². The molecule has 0 aromatic rings. The number of ketones is 1. The Morgan fingerprint density at radius 3 is 2.14 bits per heavy atom. The summed E-state index contributed by atoms with van der Waals surface area (Å²) in [5.74, 6) is 0.216. The van der Waals surface area contributed by atoms with E-state index in [1.807, 2.05) is 20.8 Å². The van der Waals surface area contributed by atoms with Crippen LogP contribution in [0.25, 0.3) is 0 Å². The Morgan fingerprint density at radius 2 is 1.79 bits per heavy atom. The van der Waals surface area contributed by atoms with Gasteiger partial charge in [0, 0.05) is 12.8 Å². The molecule has 1 aliphatic rings. The molecule has 3 nitrogen and oxygen atoms in total. The zero-order chi connectivity index (χ0) is 10.9. The molecule has 0 aliphatic heterocycles. The molecule has 3 heteroatoms. The van der Waals surface area contributed by atoms with Crippen molar-refractivity contribution < 1.29 is 14.3 Å². The van der Waals surface area contributed by atoms with Gasteiger partial charge < -0.3 is 4.74 Å². The third kappa shape index (κ3) is 1.56. The van der Waals surface area contributed by atoms with Crippen molar-refractivity contribution in [3.63, 3.8) is 0 Å². The fourth-order valence-electron chi connectivity index (χ4n) is 2.30. The van der Waals surface area contributed by atoms with E-state index in [0.717, 1.165) is 0 Å². The highest BCUT2D eigenvalue weighted by atomic mass is 16.5. The van der Waals surface area contributed by atoms with Gasteiger partial charge in [-0.25, -0.2) is 0 Å². The van der Waals surface area contributed by atoms with Crippen LogP contribution >= 0.6 is 0 Å². The Kier molecular flexibility index (Phi) is 2.98. The quantitative estimate of drug-likeness (QED) is 0.603. The molecule has 0 bridgehead atoms. The first-order valence-corrected chi connectivity index (χ1v) is 5.03. The van der Waals surface area contributed by atoms with Gasteiger partial charge in [0.15, 0.2) is 0 Å². The summed E-state index contributed by atoms with van der Waals surface area (Å²) in [6.45, 7) is 5.80. The third-order valence-electron chi connectivity index (χ3n) is 3.74. The number of rotatable bonds is 1. The fraction of sp³-hybridized carbons (Fsp3) is 0.818. The Balaban J connectivity index is 2.95. The SMILES string of the molecule is COC(=O)C1(C)[C@H](C)CC(=O)C[C@H]1C. The number of hydrogen-bond donors (Lipinski definition) is 0. The second kappa shape index (κ2) is 3.71. The van der Waals surface area contributed by atoms with Crippen molar-refractivity contribution in [2.24, 2.45) is 17.3 Å². The van der Waals surface area contributed by atoms with E-state index in [1.54, 1.807) is 0 Å². The molecule has 0 radical (unpaired) electrons. The Labute approximate surface area is 84.8 Å². The number of ether oxygens (including phenoxy) is 1. The summed E-state index contributed by atoms with van der Waals surface area (Å²) in [5.41, 5.74) is -0.497. The molecule has 0 aromatic carbocycles. The van der Waals surface area contributed by atoms with E-state index in [2.05, 4.69) is 0 Å². The summed E-state index contributed by atoms with van der Waals surface area (Å²) in [6, 6.07) is 0. The van der Waals surface area contributed by atoms with Crippen molar-refractivity contribution in [2.45, 2.75) is 33.6 Å². The Morgan fingerprint density at radius 1 is 1.36 bits per heavy atom. The topological polar surface area (TPSA) is 43.4 Å². The van der Waals surface area contributed by atoms with E-state index in [4.69, 9.17) is 4.74 Å². The van der Waals surface area contributed by atoms with Gasteiger partial charge in [0.2, 0.25) is 0 Å². The first-order chi connectivity index (χ1) is 6.42. The molecule has 0 heterocycles. The maximum absolute atomic E-state index is 11.7. The molecule has 0 aromatic heterocycles. The minimum Gasteiger partial charge on any atom is -0.469 e. The number of Topliss-reactive ketones (excluding diaryl/α,β-unsaturated/α-hetero) is 1. The minimum atomic E-state index is -0.497. The predicted molar refractivity (Wildman–Crippen MR) is 52.7 cm³/mol. The van der Waals surface area contributed by atoms with Gasteiger partial charge >= 0.3 is 5.97 Å². The molecule has 14 heavy (non-hydrogen) atoms. The highest BCUT2D eigenvalue weighted by molar-refractivity contribution is 5.85. The molecule has 1 rings (SSSR count). The molecule has 0 amide bonds. The van der Waals surface area contributed by atoms with Crippen molar-refractivity contribution in [1.82, 2.24) is 0 Å². The maximum Gasteiger partial charge on any atom is 0.312 e. The van der Waals surface area contributed by atoms with Crippen LogP contribution in [0.4, 0.5) is 0 Å². The van der Waals surface area contributed by atoms with Crippen molar-refractivity contribution in [3.8, 4) is 0 Å². The zero-order valence-electron chi connectivity index (χ0n) is 9.29. The van der Waals surface area contributed by atoms with E-state index >= 15 is 0 Å². The summed E-state index contributed by atoms with van der Waals surface area (Å²) in [4.78, 5) is 23.0. The molecule has 1 fully saturated rings. The maximum atomic E-state index is 11.7. The lowest BCUT2D eigenvalue weighted by Crippen LogP contribution is -2.46. The van der Waals surface area contributed by atoms with Crippen LogP contribution in [0.5, 0.6) is 0 Å². The smallest absolute Gasteiger partial charge is 0.312 e. The lowest BCUT2D eigenvalue weighted by atomic mass is 9.62. The predicted octanol–water partition coefficient (Wildman–Crippen LogP) is 1.80. The molecule has 0 unspecified atom stereocenters. The first-order valence-electron chi connectivity index (χ1n) is 5.03. The highest BCUT2D eigenvalue weighted by Gasteiger charge is 2.48. The van der Waals surface area contributed by atoms with Gasteiger partial charge in [-0.15, -0.1) is 0 Å². The van der Waals surface area contributed by atoms with Gasteiger partial charge in [0.05, 0.1) is 12.5 Å². The number of methoxy groups -OCH3 is 1. The Hall–Kier alpha value is -0.860. The molecule has 0 saturated heterocycles. The van der Waals surface area contributed by atoms with Crippen LogP contribution in [0, 0.1) is 17.3 Å². The van der Waals surface area contributed by atoms with Gasteiger partial charge in [-0.05, 0) is 18.8 Å². The van der Waals surface area contributed by atoms with Crippen LogP contribution < -0.4 is 0 Å². The van der Waals surface area contributed by atoms with Crippen LogP contribution in [-0.2, 0) is 14.3 Å². The lowest BCUT2D eigenvalue weighted by molar-refractivity contribution is -0.162. The van der Waals surface area contributed by atoms with Crippen molar-refractivity contribution in [2.75, 3.05) is 7.11 Å². The minimum absolute atomic E-state index is 0.0752. The Bertz CT molecular complexity index is 243. The van der Waals surface area contributed by atoms with Crippen molar-refractivity contribution >= 4 is 11.8 Å². The van der Waals surface area contributed by atoms with E-state index < -0.39 is 5.41 Å². The average Bonchev–Trinajstić information content (AvgIpc) is 2.12. The summed E-state index contributed by atoms with van der Waals surface area (Å²) >= 11 is 0. The third-order valence-corrected chi connectivity index (χ3v) is 3.74. The van der Waals surface area contributed by atoms with E-state index in [0.29, 0.717) is 12.8 Å². The molecule has 80 valence electrons. The normalized spacial score (nSPS) is 31.3. The summed E-state index contributed by atoms with van der Waals surface area (Å²) in [7, 11) is 1.41. The number of carbonyl (C=O) groups is 2. The van der Waals surface area contributed by atoms with Crippen LogP contribution in [0.15, 0.2) is 0 Å². The summed E-state index contributed by atoms with van der Waals surface area (Å²) in [5, 5.41) is 0. The van der Waals surface area contributed by atoms with E-state index in [-0.39, 0.29) is 23.6 Å². The molecule has 0 spiro atoms. The second-order valence-corrected chi connectivity index (χ2v) is 4.52. The lowest BCUT2D eigenvalue weighted by Gasteiger charge is -2.41. The van der Waals surface area contributed by atoms with Gasteiger partial charge in [-0.3, -0.25) is 9.59 Å². The van der Waals surface area contributed by atoms with Crippen LogP contribution in [0.3, 0.4) is 0 Å². The molecular formula is C11H18O3. The van der Waals surface area contributed by atoms with Crippen LogP contribution in [0.1, 0.15) is 33.6 Å². The second-order valence-electron chi connectivity index (χ2n) is 4.52. The number of esters is 1. The molecule has 0 N–H and O–H groups in total. The van der Waals surface area contributed by atoms with E-state index in [9.17, 15) is 9.59 Å². The monoisotopic (exact) mass is 198 g/mol. The summed E-state index contributed by atoms with van der Waals surface area (Å²) < 4.78 is 4.82. The van der Waals surface area contributed by atoms with Crippen LogP contribution in [0.2, 0.25) is 0 Å². The van der Waals surface area contributed by atoms with Gasteiger partial charge in [0.1, 0.15) is 5.78 Å². The van der Waals surface area contributed by atoms with Gasteiger partial charge in [0.25, 0.3) is 0 Å². The van der Waals surface area contributed by atoms with Gasteiger partial charge in [-0.2, -0.15) is 0 Å². The molecule has 1 saturated carbocycles. The largest absolute Gasteiger partial charge is 0.469 e. The molecular weight excluding hydrogens is 180 g/mol. The highest BCUT2D eigenvalue weighted by Crippen LogP contribution is 2.44. The number of carbonyl (C=O) groups excluding carboxylic acids is 2. The number of hydrogen-bond acceptors (Lipinski definition) is 3. The molecule has 2 atom stereocenters. The first kappa shape index (κ1) is 11.2. The van der Waals surface area contributed by atoms with Crippen molar-refractivity contribution in [3.05, 3.63) is 0 Å². The summed E-state index contributed by atoms with van der Waals surface area (Å²) in [6.07, 6.45) is 0.992. The zero-order valence-corrected chi connectivity index (χ0v) is 9.29.